The van der Waals surface area contributed by atoms with Crippen LogP contribution in [-0.4, -0.2) is 28.8 Å². The lowest BCUT2D eigenvalue weighted by Crippen LogP contribution is -2.37. The molecular formula is C20H22BrN3O3. The molecule has 0 atom stereocenters. The first kappa shape index (κ1) is 19.5. The number of nitro groups is 1. The minimum Gasteiger partial charge on any atom is -0.325 e. The summed E-state index contributed by atoms with van der Waals surface area (Å²) in [4.78, 5) is 25.6. The number of nitro benzene ring substituents is 1. The molecule has 1 heterocycles. The average molecular weight is 432 g/mol. The Labute approximate surface area is 166 Å². The van der Waals surface area contributed by atoms with E-state index in [0.29, 0.717) is 11.3 Å². The van der Waals surface area contributed by atoms with Gasteiger partial charge in [0.25, 0.3) is 5.69 Å². The maximum absolute atomic E-state index is 12.6. The van der Waals surface area contributed by atoms with E-state index in [1.165, 1.54) is 11.6 Å². The highest BCUT2D eigenvalue weighted by Gasteiger charge is 2.26. The number of nitrogens with one attached hydrogen (secondary N) is 1. The van der Waals surface area contributed by atoms with Gasteiger partial charge in [-0.05, 0) is 56.6 Å². The largest absolute Gasteiger partial charge is 0.325 e. The molecule has 2 aromatic rings. The molecule has 27 heavy (non-hydrogen) atoms. The van der Waals surface area contributed by atoms with Crippen LogP contribution < -0.4 is 5.32 Å². The van der Waals surface area contributed by atoms with Crippen molar-refractivity contribution in [2.75, 3.05) is 18.4 Å². The zero-order chi connectivity index (χ0) is 19.4. The van der Waals surface area contributed by atoms with Crippen LogP contribution in [0.4, 0.5) is 11.4 Å². The third-order valence-corrected chi connectivity index (χ3v) is 5.51. The summed E-state index contributed by atoms with van der Waals surface area (Å²) in [7, 11) is 0. The highest BCUT2D eigenvalue weighted by molar-refractivity contribution is 9.10. The van der Waals surface area contributed by atoms with Gasteiger partial charge in [-0.2, -0.15) is 0 Å². The Morgan fingerprint density at radius 2 is 1.96 bits per heavy atom. The molecule has 1 aliphatic heterocycles. The first-order valence-corrected chi connectivity index (χ1v) is 9.75. The van der Waals surface area contributed by atoms with E-state index in [4.69, 9.17) is 0 Å². The minimum atomic E-state index is -0.425. The summed E-state index contributed by atoms with van der Waals surface area (Å²) in [6.45, 7) is 4.25. The van der Waals surface area contributed by atoms with Crippen LogP contribution in [0.1, 0.15) is 24.0 Å². The summed E-state index contributed by atoms with van der Waals surface area (Å²) >= 11 is 3.49. The fourth-order valence-corrected chi connectivity index (χ4v) is 3.88. The molecule has 1 amide bonds. The van der Waals surface area contributed by atoms with Gasteiger partial charge in [0.1, 0.15) is 0 Å². The summed E-state index contributed by atoms with van der Waals surface area (Å²) in [6.07, 6.45) is 1.57. The molecule has 6 nitrogen and oxygen atoms in total. The van der Waals surface area contributed by atoms with Crippen molar-refractivity contribution in [3.05, 3.63) is 68.2 Å². The Balaban J connectivity index is 1.56. The van der Waals surface area contributed by atoms with E-state index in [9.17, 15) is 14.9 Å². The molecule has 0 radical (unpaired) electrons. The van der Waals surface area contributed by atoms with Gasteiger partial charge in [-0.15, -0.1) is 0 Å². The number of amides is 1. The van der Waals surface area contributed by atoms with Crippen molar-refractivity contribution in [3.8, 4) is 0 Å². The van der Waals surface area contributed by atoms with E-state index in [0.717, 1.165) is 36.9 Å². The monoisotopic (exact) mass is 431 g/mol. The molecule has 1 fully saturated rings. The first-order chi connectivity index (χ1) is 12.9. The molecule has 142 valence electrons. The van der Waals surface area contributed by atoms with Crippen molar-refractivity contribution in [2.24, 2.45) is 5.92 Å². The van der Waals surface area contributed by atoms with Gasteiger partial charge in [0.15, 0.2) is 0 Å². The van der Waals surface area contributed by atoms with E-state index in [-0.39, 0.29) is 17.5 Å². The van der Waals surface area contributed by atoms with Gasteiger partial charge in [-0.25, -0.2) is 0 Å². The predicted octanol–water partition coefficient (Wildman–Crippen LogP) is 4.52. The van der Waals surface area contributed by atoms with Crippen LogP contribution in [0.25, 0.3) is 0 Å². The number of anilines is 1. The molecule has 2 aromatic carbocycles. The van der Waals surface area contributed by atoms with E-state index in [1.807, 2.05) is 12.1 Å². The van der Waals surface area contributed by atoms with Crippen molar-refractivity contribution in [3.63, 3.8) is 0 Å². The normalized spacial score (nSPS) is 15.5. The summed E-state index contributed by atoms with van der Waals surface area (Å²) in [5.41, 5.74) is 2.28. The number of hydrogen-bond acceptors (Lipinski definition) is 4. The van der Waals surface area contributed by atoms with Gasteiger partial charge in [-0.1, -0.05) is 34.1 Å². The molecule has 0 spiro atoms. The van der Waals surface area contributed by atoms with Crippen LogP contribution in [0, 0.1) is 23.0 Å². The highest BCUT2D eigenvalue weighted by Crippen LogP contribution is 2.27. The number of nitrogens with zero attached hydrogens (tertiary/aromatic N) is 2. The van der Waals surface area contributed by atoms with Gasteiger partial charge in [0.05, 0.1) is 16.2 Å². The first-order valence-electron chi connectivity index (χ1n) is 8.95. The van der Waals surface area contributed by atoms with Crippen molar-refractivity contribution < 1.29 is 9.72 Å². The molecule has 1 aliphatic rings. The Kier molecular flexibility index (Phi) is 6.23. The zero-order valence-corrected chi connectivity index (χ0v) is 16.7. The number of hydrogen-bond donors (Lipinski definition) is 1. The minimum absolute atomic E-state index is 0.0247. The maximum atomic E-state index is 12.6. The van der Waals surface area contributed by atoms with E-state index < -0.39 is 4.92 Å². The average Bonchev–Trinajstić information content (AvgIpc) is 2.64. The summed E-state index contributed by atoms with van der Waals surface area (Å²) in [5.74, 6) is -0.122. The van der Waals surface area contributed by atoms with E-state index >= 15 is 0 Å². The standard InChI is InChI=1S/C20H22BrN3O3/c1-14-18(6-3-7-19(14)24(26)27)22-20(25)16-8-10-23(11-9-16)13-15-4-2-5-17(21)12-15/h2-7,12,16H,8-11,13H2,1H3,(H,22,25). The zero-order valence-electron chi connectivity index (χ0n) is 15.2. The SMILES string of the molecule is Cc1c(NC(=O)C2CCN(Cc3cccc(Br)c3)CC2)cccc1[N+](=O)[O-]. The number of benzene rings is 2. The Bertz CT molecular complexity index is 848. The molecule has 1 saturated heterocycles. The van der Waals surface area contributed by atoms with Crippen molar-refractivity contribution in [1.82, 2.24) is 4.90 Å². The van der Waals surface area contributed by atoms with Crippen molar-refractivity contribution >= 4 is 33.2 Å². The van der Waals surface area contributed by atoms with Crippen LogP contribution in [0.3, 0.4) is 0 Å². The van der Waals surface area contributed by atoms with Crippen LogP contribution in [-0.2, 0) is 11.3 Å². The van der Waals surface area contributed by atoms with E-state index in [1.54, 1.807) is 19.1 Å². The molecule has 0 unspecified atom stereocenters. The van der Waals surface area contributed by atoms with Gasteiger partial charge < -0.3 is 5.32 Å². The second-order valence-corrected chi connectivity index (χ2v) is 7.79. The Hall–Kier alpha value is -2.25. The predicted molar refractivity (Wildman–Crippen MR) is 109 cm³/mol. The van der Waals surface area contributed by atoms with Crippen molar-refractivity contribution in [1.29, 1.82) is 0 Å². The van der Waals surface area contributed by atoms with Crippen molar-refractivity contribution in [2.45, 2.75) is 26.3 Å². The molecular weight excluding hydrogens is 410 g/mol. The molecule has 1 N–H and O–H groups in total. The summed E-state index contributed by atoms with van der Waals surface area (Å²) < 4.78 is 1.07. The third-order valence-electron chi connectivity index (χ3n) is 5.01. The molecule has 3 rings (SSSR count). The lowest BCUT2D eigenvalue weighted by atomic mass is 9.95. The van der Waals surface area contributed by atoms with Gasteiger partial charge in [0, 0.05) is 23.0 Å². The Morgan fingerprint density at radius 1 is 1.26 bits per heavy atom. The van der Waals surface area contributed by atoms with Crippen LogP contribution in [0.15, 0.2) is 46.9 Å². The van der Waals surface area contributed by atoms with Gasteiger partial charge in [-0.3, -0.25) is 19.8 Å². The second kappa shape index (κ2) is 8.63. The number of carbonyl (C=O) groups is 1. The summed E-state index contributed by atoms with van der Waals surface area (Å²) in [6, 6.07) is 13.0. The smallest absolute Gasteiger partial charge is 0.274 e. The number of carbonyl (C=O) groups excluding carboxylic acids is 1. The Morgan fingerprint density at radius 3 is 2.63 bits per heavy atom. The topological polar surface area (TPSA) is 75.5 Å². The fourth-order valence-electron chi connectivity index (χ4n) is 3.44. The summed E-state index contributed by atoms with van der Waals surface area (Å²) in [5, 5.41) is 13.9. The molecule has 0 aliphatic carbocycles. The third kappa shape index (κ3) is 4.93. The van der Waals surface area contributed by atoms with Gasteiger partial charge in [0.2, 0.25) is 5.91 Å². The fraction of sp³-hybridized carbons (Fsp3) is 0.350. The maximum Gasteiger partial charge on any atom is 0.274 e. The lowest BCUT2D eigenvalue weighted by Gasteiger charge is -2.31. The molecule has 0 saturated carbocycles. The van der Waals surface area contributed by atoms with Crippen LogP contribution in [0.5, 0.6) is 0 Å². The number of rotatable bonds is 5. The number of likely N-dealkylation sites (tertiary alicyclic amines) is 1. The molecule has 0 aromatic heterocycles. The highest BCUT2D eigenvalue weighted by atomic mass is 79.9. The lowest BCUT2D eigenvalue weighted by molar-refractivity contribution is -0.385. The number of halogens is 1. The van der Waals surface area contributed by atoms with Gasteiger partial charge >= 0.3 is 0 Å². The van der Waals surface area contributed by atoms with Crippen LogP contribution >= 0.6 is 15.9 Å². The molecule has 0 bridgehead atoms. The van der Waals surface area contributed by atoms with Crippen LogP contribution in [0.2, 0.25) is 0 Å². The molecule has 7 heteroatoms. The second-order valence-electron chi connectivity index (χ2n) is 6.88. The number of piperidine rings is 1. The quantitative estimate of drug-likeness (QED) is 0.557. The van der Waals surface area contributed by atoms with E-state index in [2.05, 4.69) is 38.3 Å².